The third-order valence-corrected chi connectivity index (χ3v) is 12.5. The first-order valence-electron chi connectivity index (χ1n) is 21.3. The van der Waals surface area contributed by atoms with Crippen LogP contribution in [0.4, 0.5) is 0 Å². The molecule has 4 aromatic heterocycles. The Morgan fingerprint density at radius 1 is 0.254 bits per heavy atom. The molecule has 0 N–H and O–H groups in total. The van der Waals surface area contributed by atoms with Crippen LogP contribution < -0.4 is 0 Å². The van der Waals surface area contributed by atoms with Crippen molar-refractivity contribution in [3.63, 3.8) is 0 Å². The second-order valence-electron chi connectivity index (χ2n) is 16.0. The molecular weight excluding hydrogens is 769 g/mol. The highest BCUT2D eigenvalue weighted by Gasteiger charge is 2.25. The first-order chi connectivity index (χ1) is 31.3. The first kappa shape index (κ1) is 35.2. The molecule has 0 aliphatic rings. The number of hydrogen-bond acceptors (Lipinski definition) is 3. The second-order valence-corrected chi connectivity index (χ2v) is 16.0. The molecule has 0 unspecified atom stereocenters. The van der Waals surface area contributed by atoms with Crippen LogP contribution in [0.5, 0.6) is 0 Å². The van der Waals surface area contributed by atoms with Crippen LogP contribution in [0, 0.1) is 0 Å². The van der Waals surface area contributed by atoms with E-state index in [-0.39, 0.29) is 0 Å². The molecule has 0 saturated heterocycles. The van der Waals surface area contributed by atoms with Crippen molar-refractivity contribution in [2.24, 2.45) is 0 Å². The first-order valence-corrected chi connectivity index (χ1v) is 21.3. The summed E-state index contributed by atoms with van der Waals surface area (Å²) >= 11 is 0. The van der Waals surface area contributed by atoms with Gasteiger partial charge in [-0.3, -0.25) is 4.57 Å². The zero-order chi connectivity index (χ0) is 41.4. The monoisotopic (exact) mass is 804 g/mol. The summed E-state index contributed by atoms with van der Waals surface area (Å²) in [5.41, 5.74) is 12.6. The van der Waals surface area contributed by atoms with Gasteiger partial charge in [0, 0.05) is 49.0 Å². The maximum Gasteiger partial charge on any atom is 0.238 e. The minimum absolute atomic E-state index is 0.556. The van der Waals surface area contributed by atoms with Gasteiger partial charge in [-0.1, -0.05) is 170 Å². The molecule has 0 fully saturated rings. The Labute approximate surface area is 362 Å². The largest absolute Gasteiger partial charge is 0.309 e. The summed E-state index contributed by atoms with van der Waals surface area (Å²) in [7, 11) is 0. The van der Waals surface area contributed by atoms with Crippen LogP contribution in [0.2, 0.25) is 0 Å². The number of rotatable bonds is 6. The lowest BCUT2D eigenvalue weighted by atomic mass is 9.97. The Morgan fingerprint density at radius 2 is 0.556 bits per heavy atom. The predicted molar refractivity (Wildman–Crippen MR) is 259 cm³/mol. The molecule has 63 heavy (non-hydrogen) atoms. The van der Waals surface area contributed by atoms with E-state index in [0.29, 0.717) is 17.6 Å². The smallest absolute Gasteiger partial charge is 0.238 e. The third kappa shape index (κ3) is 5.41. The van der Waals surface area contributed by atoms with Gasteiger partial charge in [0.1, 0.15) is 0 Å². The van der Waals surface area contributed by atoms with E-state index in [1.54, 1.807) is 0 Å². The quantitative estimate of drug-likeness (QED) is 0.168. The van der Waals surface area contributed by atoms with E-state index in [1.807, 2.05) is 18.2 Å². The fourth-order valence-electron chi connectivity index (χ4n) is 9.81. The molecule has 6 heteroatoms. The Kier molecular flexibility index (Phi) is 7.80. The normalized spacial score (nSPS) is 11.8. The van der Waals surface area contributed by atoms with E-state index in [4.69, 9.17) is 15.0 Å². The zero-order valence-electron chi connectivity index (χ0n) is 34.0. The molecule has 13 aromatic rings. The summed E-state index contributed by atoms with van der Waals surface area (Å²) in [4.78, 5) is 16.2. The van der Waals surface area contributed by atoms with E-state index in [0.717, 1.165) is 77.5 Å². The molecule has 6 nitrogen and oxygen atoms in total. The summed E-state index contributed by atoms with van der Waals surface area (Å²) in [6.07, 6.45) is 0. The van der Waals surface area contributed by atoms with E-state index >= 15 is 0 Å². The average Bonchev–Trinajstić information content (AvgIpc) is 4.00. The lowest BCUT2D eigenvalue weighted by molar-refractivity contribution is 0.952. The minimum atomic E-state index is 0.556. The third-order valence-electron chi connectivity index (χ3n) is 12.5. The van der Waals surface area contributed by atoms with E-state index in [1.165, 1.54) is 21.5 Å². The van der Waals surface area contributed by atoms with Crippen LogP contribution in [0.25, 0.3) is 117 Å². The van der Waals surface area contributed by atoms with Gasteiger partial charge < -0.3 is 9.13 Å². The van der Waals surface area contributed by atoms with Gasteiger partial charge in [0.15, 0.2) is 11.6 Å². The number of fused-ring (bicyclic) bond motifs is 9. The lowest BCUT2D eigenvalue weighted by Crippen LogP contribution is -2.08. The maximum absolute atomic E-state index is 5.49. The van der Waals surface area contributed by atoms with Crippen molar-refractivity contribution >= 4 is 65.4 Å². The molecule has 0 bridgehead atoms. The summed E-state index contributed by atoms with van der Waals surface area (Å²) in [5, 5.41) is 7.05. The Morgan fingerprint density at radius 3 is 0.937 bits per heavy atom. The van der Waals surface area contributed by atoms with Crippen molar-refractivity contribution < 1.29 is 0 Å². The maximum atomic E-state index is 5.49. The molecule has 0 atom stereocenters. The summed E-state index contributed by atoms with van der Waals surface area (Å²) in [5.74, 6) is 1.73. The molecule has 0 amide bonds. The van der Waals surface area contributed by atoms with Gasteiger partial charge in [-0.25, -0.2) is 4.98 Å². The summed E-state index contributed by atoms with van der Waals surface area (Å²) < 4.78 is 7.05. The number of benzene rings is 9. The van der Waals surface area contributed by atoms with Crippen LogP contribution in [0.3, 0.4) is 0 Å². The van der Waals surface area contributed by atoms with Crippen LogP contribution in [-0.4, -0.2) is 28.7 Å². The Balaban J connectivity index is 1.21. The highest BCUT2D eigenvalue weighted by atomic mass is 15.2. The molecular formula is C57H36N6. The van der Waals surface area contributed by atoms with E-state index in [9.17, 15) is 0 Å². The van der Waals surface area contributed by atoms with Crippen LogP contribution in [-0.2, 0) is 0 Å². The molecule has 0 aliphatic carbocycles. The van der Waals surface area contributed by atoms with Crippen LogP contribution >= 0.6 is 0 Å². The summed E-state index contributed by atoms with van der Waals surface area (Å²) in [6.45, 7) is 0. The van der Waals surface area contributed by atoms with Crippen molar-refractivity contribution in [1.29, 1.82) is 0 Å². The molecule has 0 spiro atoms. The van der Waals surface area contributed by atoms with Gasteiger partial charge in [-0.05, 0) is 54.1 Å². The van der Waals surface area contributed by atoms with Crippen molar-refractivity contribution in [2.75, 3.05) is 0 Å². The summed E-state index contributed by atoms with van der Waals surface area (Å²) in [6, 6.07) is 77.5. The molecule has 294 valence electrons. The van der Waals surface area contributed by atoms with Gasteiger partial charge in [0.25, 0.3) is 0 Å². The SMILES string of the molecule is c1ccc(-c2nc(-c3cc(-n4c5ccccc5c5ccccc54)c(-c4ccccc4)c(-n4c5ccccc5c5ccccc54)c3)nc(-n3c4ccccc4c4ccccc43)n2)cc1. The van der Waals surface area contributed by atoms with E-state index < -0.39 is 0 Å². The molecule has 0 aliphatic heterocycles. The van der Waals surface area contributed by atoms with Gasteiger partial charge >= 0.3 is 0 Å². The molecule has 0 saturated carbocycles. The standard InChI is InChI=1S/C57H36N6/c1-3-19-37(20-4-1)54-52(61-46-29-13-7-23-40(46)41-24-8-14-30-47(41)61)35-39(36-53(54)62-48-31-15-9-25-42(48)43-26-10-16-32-49(43)62)56-58-55(38-21-5-2-6-22-38)59-57(60-56)63-50-33-17-11-27-44(50)45-28-12-18-34-51(45)63/h1-36H. The van der Waals surface area contributed by atoms with Crippen molar-refractivity contribution in [3.05, 3.63) is 218 Å². The van der Waals surface area contributed by atoms with Crippen molar-refractivity contribution in [3.8, 4) is 51.2 Å². The van der Waals surface area contributed by atoms with E-state index in [2.05, 4.69) is 214 Å². The number of para-hydroxylation sites is 6. The van der Waals surface area contributed by atoms with Gasteiger partial charge in [0.05, 0.1) is 44.5 Å². The molecule has 9 aromatic carbocycles. The van der Waals surface area contributed by atoms with Gasteiger partial charge in [0.2, 0.25) is 5.95 Å². The van der Waals surface area contributed by atoms with Crippen LogP contribution in [0.1, 0.15) is 0 Å². The topological polar surface area (TPSA) is 53.5 Å². The molecule has 0 radical (unpaired) electrons. The van der Waals surface area contributed by atoms with Crippen molar-refractivity contribution in [1.82, 2.24) is 28.7 Å². The fourth-order valence-corrected chi connectivity index (χ4v) is 9.81. The molecule has 4 heterocycles. The van der Waals surface area contributed by atoms with Gasteiger partial charge in [-0.2, -0.15) is 9.97 Å². The Hall–Kier alpha value is -8.61. The zero-order valence-corrected chi connectivity index (χ0v) is 34.0. The predicted octanol–water partition coefficient (Wildman–Crippen LogP) is 14.2. The van der Waals surface area contributed by atoms with Gasteiger partial charge in [-0.15, -0.1) is 0 Å². The highest BCUT2D eigenvalue weighted by Crippen LogP contribution is 2.44. The number of aromatic nitrogens is 6. The average molecular weight is 805 g/mol. The van der Waals surface area contributed by atoms with Crippen molar-refractivity contribution in [2.45, 2.75) is 0 Å². The lowest BCUT2D eigenvalue weighted by Gasteiger charge is -2.22. The Bertz CT molecular complexity index is 3620. The number of nitrogens with zero attached hydrogens (tertiary/aromatic N) is 6. The highest BCUT2D eigenvalue weighted by molar-refractivity contribution is 6.12. The minimum Gasteiger partial charge on any atom is -0.309 e. The number of hydrogen-bond donors (Lipinski definition) is 0. The van der Waals surface area contributed by atoms with Crippen LogP contribution in [0.15, 0.2) is 218 Å². The molecule has 13 rings (SSSR count). The fraction of sp³-hybridized carbons (Fsp3) is 0. The second kappa shape index (κ2) is 14.0.